The predicted molar refractivity (Wildman–Crippen MR) is 339 cm³/mol. The van der Waals surface area contributed by atoms with Crippen molar-refractivity contribution in [3.05, 3.63) is 109 Å². The Hall–Kier alpha value is -3.33. The zero-order chi connectivity index (χ0) is 57.9. The highest BCUT2D eigenvalue weighted by molar-refractivity contribution is 7.45. The highest BCUT2D eigenvalue weighted by Crippen LogP contribution is 2.38. The number of allylic oxidation sites excluding steroid dienone is 17. The number of phosphoric ester groups is 1. The third-order valence-electron chi connectivity index (χ3n) is 13.8. The van der Waals surface area contributed by atoms with Gasteiger partial charge in [0.2, 0.25) is 5.91 Å². The molecule has 79 heavy (non-hydrogen) atoms. The van der Waals surface area contributed by atoms with Crippen LogP contribution in [0.4, 0.5) is 0 Å². The Morgan fingerprint density at radius 3 is 1.35 bits per heavy atom. The van der Waals surface area contributed by atoms with Crippen molar-refractivity contribution in [2.45, 2.75) is 277 Å². The van der Waals surface area contributed by atoms with Gasteiger partial charge in [-0.1, -0.05) is 265 Å². The van der Waals surface area contributed by atoms with Gasteiger partial charge in [0.1, 0.15) is 19.3 Å². The van der Waals surface area contributed by atoms with Crippen LogP contribution < -0.4 is 10.2 Å². The van der Waals surface area contributed by atoms with Crippen LogP contribution in [0.15, 0.2) is 109 Å². The molecule has 0 aliphatic rings. The fraction of sp³-hybridized carbons (Fsp3) is 0.710. The first-order valence-electron chi connectivity index (χ1n) is 32.2. The Kier molecular flexibility index (Phi) is 55.4. The van der Waals surface area contributed by atoms with E-state index in [1.54, 1.807) is 0 Å². The number of esters is 1. The van der Waals surface area contributed by atoms with E-state index in [2.05, 4.69) is 117 Å². The minimum absolute atomic E-state index is 0.0317. The molecule has 0 saturated heterocycles. The lowest BCUT2D eigenvalue weighted by Crippen LogP contribution is -2.47. The number of nitrogens with one attached hydrogen (secondary N) is 1. The van der Waals surface area contributed by atoms with Crippen LogP contribution in [0.1, 0.15) is 265 Å². The number of quaternary nitrogens is 1. The normalized spacial score (nSPS) is 14.4. The monoisotopic (exact) mass is 1120 g/mol. The summed E-state index contributed by atoms with van der Waals surface area (Å²) in [5, 5.41) is 3.01. The number of hydrogen-bond acceptors (Lipinski definition) is 7. The zero-order valence-electron chi connectivity index (χ0n) is 51.8. The van der Waals surface area contributed by atoms with Crippen molar-refractivity contribution >= 4 is 19.7 Å². The molecule has 0 rings (SSSR count). The molecule has 10 heteroatoms. The topological polar surface area (TPSA) is 114 Å². The van der Waals surface area contributed by atoms with Gasteiger partial charge in [-0.2, -0.15) is 0 Å². The fourth-order valence-corrected chi connectivity index (χ4v) is 9.57. The van der Waals surface area contributed by atoms with Gasteiger partial charge in [0, 0.05) is 12.8 Å². The minimum atomic E-state index is -4.71. The van der Waals surface area contributed by atoms with Gasteiger partial charge < -0.3 is 28.5 Å². The maximum Gasteiger partial charge on any atom is 0.306 e. The maximum atomic E-state index is 13.5. The molecule has 0 aromatic carbocycles. The molecule has 3 atom stereocenters. The third-order valence-corrected chi connectivity index (χ3v) is 14.7. The number of hydrogen-bond donors (Lipinski definition) is 1. The summed E-state index contributed by atoms with van der Waals surface area (Å²) in [5.74, 6) is -0.571. The summed E-state index contributed by atoms with van der Waals surface area (Å²) in [7, 11) is 1.16. The number of likely N-dealkylation sites (N-methyl/N-ethyl adjacent to an activating group) is 1. The standard InChI is InChI=1S/C69H121N2O7P/c1-7-10-13-16-19-22-25-28-29-30-31-32-33-34-35-36-37-38-39-40-41-44-47-50-53-56-59-62-69(73)78-67(60-57-54-51-48-45-42-26-23-20-17-14-11-8-2)66(65-77-79(74,75)76-64-63-71(4,5)6)70-68(72)61-58-55-52-49-46-43-27-24-21-18-15-12-9-3/h10,12-13,15,18-19,21-22,24,27-29,31-32,34-35,57,60,66-67H,7-9,11,14,16-17,20,23,25-26,30,33,36-56,58-59,61-65H2,1-6H3,(H-,70,72,74,75)/b13-10-,15-12+,21-18+,22-19-,27-24-,29-28-,32-31-,35-34-,60-57-. The Bertz CT molecular complexity index is 1720. The van der Waals surface area contributed by atoms with E-state index < -0.39 is 26.6 Å². The largest absolute Gasteiger partial charge is 0.756 e. The van der Waals surface area contributed by atoms with Gasteiger partial charge in [-0.25, -0.2) is 0 Å². The Morgan fingerprint density at radius 1 is 0.468 bits per heavy atom. The average Bonchev–Trinajstić information content (AvgIpc) is 3.41. The second-order valence-corrected chi connectivity index (χ2v) is 24.0. The summed E-state index contributed by atoms with van der Waals surface area (Å²) in [6.07, 6.45) is 79.2. The summed E-state index contributed by atoms with van der Waals surface area (Å²) in [6, 6.07) is -0.906. The van der Waals surface area contributed by atoms with Gasteiger partial charge in [-0.3, -0.25) is 14.2 Å². The number of carbonyl (C=O) groups is 2. The van der Waals surface area contributed by atoms with Crippen LogP contribution in [-0.4, -0.2) is 69.4 Å². The first kappa shape index (κ1) is 75.7. The van der Waals surface area contributed by atoms with Crippen molar-refractivity contribution in [3.8, 4) is 0 Å². The van der Waals surface area contributed by atoms with Gasteiger partial charge in [0.25, 0.3) is 7.82 Å². The predicted octanol–water partition coefficient (Wildman–Crippen LogP) is 19.5. The SMILES string of the molecule is CC/C=C\C/C=C\C/C=C\C/C=C\C/C=C\CCCCCCCCCCCCCC(=O)OC(/C=C\CCCCCCCCCCCCC)C(COP(=O)([O-])OCC[N+](C)(C)C)NC(=O)CCCCCCC\C=C/C=C/C=C/CC. The molecule has 0 heterocycles. The van der Waals surface area contributed by atoms with E-state index in [-0.39, 0.29) is 31.3 Å². The lowest BCUT2D eigenvalue weighted by Gasteiger charge is -2.30. The number of amides is 1. The lowest BCUT2D eigenvalue weighted by atomic mass is 10.0. The summed E-state index contributed by atoms with van der Waals surface area (Å²) in [4.78, 5) is 40.0. The van der Waals surface area contributed by atoms with Crippen LogP contribution in [0.2, 0.25) is 0 Å². The molecule has 0 fully saturated rings. The maximum absolute atomic E-state index is 13.5. The van der Waals surface area contributed by atoms with Crippen LogP contribution in [0.3, 0.4) is 0 Å². The molecule has 0 aromatic rings. The average molecular weight is 1120 g/mol. The molecule has 0 saturated carbocycles. The first-order valence-corrected chi connectivity index (χ1v) is 33.7. The molecule has 454 valence electrons. The minimum Gasteiger partial charge on any atom is -0.756 e. The van der Waals surface area contributed by atoms with Crippen LogP contribution in [-0.2, 0) is 27.9 Å². The molecule has 3 unspecified atom stereocenters. The van der Waals surface area contributed by atoms with Crippen molar-refractivity contribution < 1.29 is 37.3 Å². The quantitative estimate of drug-likeness (QED) is 0.0161. The number of nitrogens with zero attached hydrogens (tertiary/aromatic N) is 1. The molecule has 0 bridgehead atoms. The van der Waals surface area contributed by atoms with Crippen molar-refractivity contribution in [3.63, 3.8) is 0 Å². The van der Waals surface area contributed by atoms with Crippen LogP contribution in [0.5, 0.6) is 0 Å². The van der Waals surface area contributed by atoms with E-state index in [1.165, 1.54) is 103 Å². The highest BCUT2D eigenvalue weighted by atomic mass is 31.2. The molecule has 0 aromatic heterocycles. The number of rotatable bonds is 57. The lowest BCUT2D eigenvalue weighted by molar-refractivity contribution is -0.870. The van der Waals surface area contributed by atoms with E-state index in [1.807, 2.05) is 39.4 Å². The Morgan fingerprint density at radius 2 is 0.873 bits per heavy atom. The first-order chi connectivity index (χ1) is 38.4. The van der Waals surface area contributed by atoms with Gasteiger partial charge in [0.15, 0.2) is 0 Å². The molecule has 1 amide bonds. The number of carbonyl (C=O) groups excluding carboxylic acids is 2. The van der Waals surface area contributed by atoms with Gasteiger partial charge in [-0.05, 0) is 96.0 Å². The van der Waals surface area contributed by atoms with Crippen molar-refractivity contribution in [2.24, 2.45) is 0 Å². The smallest absolute Gasteiger partial charge is 0.306 e. The molecule has 0 aliphatic carbocycles. The second kappa shape index (κ2) is 57.9. The number of phosphoric acid groups is 1. The summed E-state index contributed by atoms with van der Waals surface area (Å²) < 4.78 is 30.3. The van der Waals surface area contributed by atoms with E-state index in [9.17, 15) is 19.0 Å². The molecule has 9 nitrogen and oxygen atoms in total. The van der Waals surface area contributed by atoms with Gasteiger partial charge in [0.05, 0.1) is 33.8 Å². The number of ether oxygens (including phenoxy) is 1. The second-order valence-electron chi connectivity index (χ2n) is 22.6. The summed E-state index contributed by atoms with van der Waals surface area (Å²) >= 11 is 0. The van der Waals surface area contributed by atoms with Crippen LogP contribution in [0.25, 0.3) is 0 Å². The highest BCUT2D eigenvalue weighted by Gasteiger charge is 2.27. The molecule has 0 radical (unpaired) electrons. The summed E-state index contributed by atoms with van der Waals surface area (Å²) in [6.45, 7) is 6.58. The molecule has 0 aliphatic heterocycles. The Labute approximate surface area is 487 Å². The van der Waals surface area contributed by atoms with Crippen molar-refractivity contribution in [2.75, 3.05) is 40.9 Å². The van der Waals surface area contributed by atoms with E-state index in [4.69, 9.17) is 13.8 Å². The van der Waals surface area contributed by atoms with Gasteiger partial charge in [-0.15, -0.1) is 0 Å². The van der Waals surface area contributed by atoms with E-state index >= 15 is 0 Å². The van der Waals surface area contributed by atoms with Crippen LogP contribution >= 0.6 is 7.82 Å². The van der Waals surface area contributed by atoms with E-state index in [0.29, 0.717) is 17.4 Å². The van der Waals surface area contributed by atoms with Crippen molar-refractivity contribution in [1.82, 2.24) is 5.32 Å². The third kappa shape index (κ3) is 59.1. The number of unbranched alkanes of at least 4 members (excludes halogenated alkanes) is 27. The van der Waals surface area contributed by atoms with Crippen LogP contribution in [0, 0.1) is 0 Å². The van der Waals surface area contributed by atoms with E-state index in [0.717, 1.165) is 122 Å². The molecular weight excluding hydrogens is 1000 g/mol. The summed E-state index contributed by atoms with van der Waals surface area (Å²) in [5.41, 5.74) is 0. The Balaban J connectivity index is 5.12. The molecular formula is C69H121N2O7P. The van der Waals surface area contributed by atoms with Gasteiger partial charge >= 0.3 is 5.97 Å². The zero-order valence-corrected chi connectivity index (χ0v) is 52.7. The fourth-order valence-electron chi connectivity index (χ4n) is 8.84. The van der Waals surface area contributed by atoms with Crippen molar-refractivity contribution in [1.29, 1.82) is 0 Å². The molecule has 0 spiro atoms. The molecule has 1 N–H and O–H groups in total.